The van der Waals surface area contributed by atoms with Gasteiger partial charge in [-0.1, -0.05) is 27.2 Å². The number of ether oxygens (including phenoxy) is 1. The molecule has 2 atom stereocenters. The zero-order chi connectivity index (χ0) is 21.1. The molecule has 0 spiro atoms. The molecular formula is C22H28N2O5. The summed E-state index contributed by atoms with van der Waals surface area (Å²) < 4.78 is 5.19. The zero-order valence-corrected chi connectivity index (χ0v) is 17.3. The molecule has 29 heavy (non-hydrogen) atoms. The molecule has 3 rings (SSSR count). The fourth-order valence-electron chi connectivity index (χ4n) is 4.11. The Balaban J connectivity index is 1.63. The van der Waals surface area contributed by atoms with E-state index in [1.165, 1.54) is 23.1 Å². The normalized spacial score (nSPS) is 21.3. The Morgan fingerprint density at radius 1 is 1.07 bits per heavy atom. The predicted octanol–water partition coefficient (Wildman–Crippen LogP) is 2.74. The number of unbranched alkanes of at least 4 members (excludes halogenated alkanes) is 1. The Morgan fingerprint density at radius 3 is 2.38 bits per heavy atom. The first-order chi connectivity index (χ1) is 13.8. The van der Waals surface area contributed by atoms with Gasteiger partial charge < -0.3 is 9.64 Å². The number of carbonyl (C=O) groups is 4. The Labute approximate surface area is 171 Å². The van der Waals surface area contributed by atoms with Crippen molar-refractivity contribution < 1.29 is 23.9 Å². The minimum atomic E-state index is -0.675. The number of piperidine rings is 1. The number of fused-ring (bicyclic) bond motifs is 1. The molecule has 0 bridgehead atoms. The largest absolute Gasteiger partial charge is 0.452 e. The lowest BCUT2D eigenvalue weighted by molar-refractivity contribution is -0.137. The number of carbonyl (C=O) groups excluding carboxylic acids is 4. The third kappa shape index (κ3) is 4.49. The SMILES string of the molecule is CCCCN1C(=O)c2ccc(C(=O)OCC(=O)N3C[C@H](C)C[C@H](C)C3)cc2C1=O. The van der Waals surface area contributed by atoms with Crippen molar-refractivity contribution in [1.29, 1.82) is 0 Å². The number of amides is 3. The van der Waals surface area contributed by atoms with E-state index >= 15 is 0 Å². The van der Waals surface area contributed by atoms with Gasteiger partial charge in [0.15, 0.2) is 6.61 Å². The summed E-state index contributed by atoms with van der Waals surface area (Å²) in [5, 5.41) is 0. The van der Waals surface area contributed by atoms with Crippen molar-refractivity contribution in [3.8, 4) is 0 Å². The molecule has 156 valence electrons. The minimum absolute atomic E-state index is 0.162. The lowest BCUT2D eigenvalue weighted by Crippen LogP contribution is -2.44. The number of nitrogens with zero attached hydrogens (tertiary/aromatic N) is 2. The number of hydrogen-bond acceptors (Lipinski definition) is 5. The molecule has 1 aromatic carbocycles. The summed E-state index contributed by atoms with van der Waals surface area (Å²) in [5.74, 6) is -0.757. The fraction of sp³-hybridized carbons (Fsp3) is 0.545. The first-order valence-corrected chi connectivity index (χ1v) is 10.3. The van der Waals surface area contributed by atoms with E-state index in [4.69, 9.17) is 4.74 Å². The molecule has 0 aliphatic carbocycles. The lowest BCUT2D eigenvalue weighted by Gasteiger charge is -2.34. The smallest absolute Gasteiger partial charge is 0.338 e. The predicted molar refractivity (Wildman–Crippen MR) is 107 cm³/mol. The van der Waals surface area contributed by atoms with Crippen molar-refractivity contribution in [2.24, 2.45) is 11.8 Å². The second-order valence-electron chi connectivity index (χ2n) is 8.20. The van der Waals surface area contributed by atoms with Crippen LogP contribution in [0.25, 0.3) is 0 Å². The van der Waals surface area contributed by atoms with Gasteiger partial charge in [-0.25, -0.2) is 4.79 Å². The molecule has 2 aliphatic rings. The van der Waals surface area contributed by atoms with Crippen molar-refractivity contribution in [3.63, 3.8) is 0 Å². The van der Waals surface area contributed by atoms with Gasteiger partial charge in [0, 0.05) is 19.6 Å². The van der Waals surface area contributed by atoms with Crippen molar-refractivity contribution in [2.75, 3.05) is 26.2 Å². The van der Waals surface area contributed by atoms with Crippen LogP contribution in [-0.4, -0.2) is 59.7 Å². The van der Waals surface area contributed by atoms with Gasteiger partial charge in [0.1, 0.15) is 0 Å². The quantitative estimate of drug-likeness (QED) is 0.542. The molecule has 3 amide bonds. The molecule has 0 saturated carbocycles. The van der Waals surface area contributed by atoms with Crippen LogP contribution in [0.1, 0.15) is 71.1 Å². The second-order valence-corrected chi connectivity index (χ2v) is 8.20. The molecule has 0 radical (unpaired) electrons. The van der Waals surface area contributed by atoms with Crippen molar-refractivity contribution in [1.82, 2.24) is 9.80 Å². The standard InChI is InChI=1S/C22H28N2O5/c1-4-5-8-24-20(26)17-7-6-16(10-18(17)21(24)27)22(28)29-13-19(25)23-11-14(2)9-15(3)12-23/h6-7,10,14-15H,4-5,8-9,11-13H2,1-3H3/t14-,15+. The number of likely N-dealkylation sites (tertiary alicyclic amines) is 1. The van der Waals surface area contributed by atoms with Crippen LogP contribution < -0.4 is 0 Å². The van der Waals surface area contributed by atoms with E-state index in [0.717, 1.165) is 19.3 Å². The minimum Gasteiger partial charge on any atom is -0.452 e. The Bertz CT molecular complexity index is 824. The first kappa shape index (κ1) is 21.0. The maximum absolute atomic E-state index is 12.5. The van der Waals surface area contributed by atoms with E-state index in [2.05, 4.69) is 13.8 Å². The van der Waals surface area contributed by atoms with E-state index in [1.54, 1.807) is 4.90 Å². The van der Waals surface area contributed by atoms with Crippen LogP contribution in [0, 0.1) is 11.8 Å². The van der Waals surface area contributed by atoms with E-state index in [-0.39, 0.29) is 35.5 Å². The van der Waals surface area contributed by atoms with Gasteiger partial charge in [0.2, 0.25) is 0 Å². The Morgan fingerprint density at radius 2 is 1.72 bits per heavy atom. The molecule has 7 heteroatoms. The van der Waals surface area contributed by atoms with E-state index in [1.807, 2.05) is 6.92 Å². The molecule has 0 aromatic heterocycles. The van der Waals surface area contributed by atoms with Gasteiger partial charge >= 0.3 is 5.97 Å². The highest BCUT2D eigenvalue weighted by Crippen LogP contribution is 2.25. The van der Waals surface area contributed by atoms with Crippen LogP contribution in [0.4, 0.5) is 0 Å². The summed E-state index contributed by atoms with van der Waals surface area (Å²) in [6.07, 6.45) is 2.69. The van der Waals surface area contributed by atoms with Gasteiger partial charge in [-0.05, 0) is 42.9 Å². The average Bonchev–Trinajstić information content (AvgIpc) is 2.93. The van der Waals surface area contributed by atoms with Gasteiger partial charge in [0.25, 0.3) is 17.7 Å². The van der Waals surface area contributed by atoms with Gasteiger partial charge in [-0.3, -0.25) is 19.3 Å². The van der Waals surface area contributed by atoms with Crippen molar-refractivity contribution in [2.45, 2.75) is 40.0 Å². The van der Waals surface area contributed by atoms with Gasteiger partial charge in [0.05, 0.1) is 16.7 Å². The van der Waals surface area contributed by atoms with Crippen molar-refractivity contribution in [3.05, 3.63) is 34.9 Å². The maximum atomic E-state index is 12.5. The molecule has 7 nitrogen and oxygen atoms in total. The third-order valence-corrected chi connectivity index (χ3v) is 5.49. The summed E-state index contributed by atoms with van der Waals surface area (Å²) >= 11 is 0. The molecule has 1 aromatic rings. The molecule has 0 unspecified atom stereocenters. The topological polar surface area (TPSA) is 84.0 Å². The highest BCUT2D eigenvalue weighted by Gasteiger charge is 2.35. The highest BCUT2D eigenvalue weighted by atomic mass is 16.5. The lowest BCUT2D eigenvalue weighted by atomic mass is 9.92. The number of benzene rings is 1. The van der Waals surface area contributed by atoms with Crippen LogP contribution >= 0.6 is 0 Å². The number of imide groups is 1. The van der Waals surface area contributed by atoms with Crippen molar-refractivity contribution >= 4 is 23.7 Å². The highest BCUT2D eigenvalue weighted by molar-refractivity contribution is 6.21. The van der Waals surface area contributed by atoms with Crippen LogP contribution in [-0.2, 0) is 9.53 Å². The number of esters is 1. The number of rotatable bonds is 6. The van der Waals surface area contributed by atoms with E-state index in [0.29, 0.717) is 37.0 Å². The summed E-state index contributed by atoms with van der Waals surface area (Å²) in [5.41, 5.74) is 0.677. The fourth-order valence-corrected chi connectivity index (χ4v) is 4.11. The van der Waals surface area contributed by atoms with Gasteiger partial charge in [-0.2, -0.15) is 0 Å². The number of hydrogen-bond donors (Lipinski definition) is 0. The molecule has 2 aliphatic heterocycles. The summed E-state index contributed by atoms with van der Waals surface area (Å²) in [4.78, 5) is 52.6. The Kier molecular flexibility index (Phi) is 6.35. The second kappa shape index (κ2) is 8.76. The molecule has 1 fully saturated rings. The maximum Gasteiger partial charge on any atom is 0.338 e. The molecule has 2 heterocycles. The van der Waals surface area contributed by atoms with Crippen LogP contribution in [0.5, 0.6) is 0 Å². The van der Waals surface area contributed by atoms with Crippen LogP contribution in [0.3, 0.4) is 0 Å². The molecule has 1 saturated heterocycles. The Hall–Kier alpha value is -2.70. The summed E-state index contributed by atoms with van der Waals surface area (Å²) in [6, 6.07) is 4.33. The van der Waals surface area contributed by atoms with Gasteiger partial charge in [-0.15, -0.1) is 0 Å². The first-order valence-electron chi connectivity index (χ1n) is 10.3. The monoisotopic (exact) mass is 400 g/mol. The third-order valence-electron chi connectivity index (χ3n) is 5.49. The van der Waals surface area contributed by atoms with E-state index < -0.39 is 5.97 Å². The van der Waals surface area contributed by atoms with Crippen LogP contribution in [0.2, 0.25) is 0 Å². The summed E-state index contributed by atoms with van der Waals surface area (Å²) in [7, 11) is 0. The molecular weight excluding hydrogens is 372 g/mol. The van der Waals surface area contributed by atoms with Crippen LogP contribution in [0.15, 0.2) is 18.2 Å². The zero-order valence-electron chi connectivity index (χ0n) is 17.3. The summed E-state index contributed by atoms with van der Waals surface area (Å²) in [6.45, 7) is 7.57. The molecule has 0 N–H and O–H groups in total. The average molecular weight is 400 g/mol. The van der Waals surface area contributed by atoms with E-state index in [9.17, 15) is 19.2 Å².